The van der Waals surface area contributed by atoms with Gasteiger partial charge in [-0.3, -0.25) is 4.79 Å². The van der Waals surface area contributed by atoms with Crippen LogP contribution in [0.2, 0.25) is 0 Å². The number of hydrogen-bond acceptors (Lipinski definition) is 5. The minimum absolute atomic E-state index is 0.0741. The number of aryl methyl sites for hydroxylation is 2. The van der Waals surface area contributed by atoms with Crippen molar-refractivity contribution in [3.8, 4) is 0 Å². The Kier molecular flexibility index (Phi) is 4.92. The van der Waals surface area contributed by atoms with E-state index in [1.54, 1.807) is 0 Å². The molecule has 2 unspecified atom stereocenters. The third-order valence-electron chi connectivity index (χ3n) is 4.44. The van der Waals surface area contributed by atoms with Gasteiger partial charge in [0.25, 0.3) is 0 Å². The largest absolute Gasteiger partial charge is 0.325 e. The van der Waals surface area contributed by atoms with Crippen molar-refractivity contribution in [2.75, 3.05) is 10.7 Å². The van der Waals surface area contributed by atoms with Crippen LogP contribution in [0.15, 0.2) is 58.2 Å². The predicted molar refractivity (Wildman–Crippen MR) is 110 cm³/mol. The molecule has 0 spiro atoms. The fraction of sp³-hybridized carbons (Fsp3) is 0.211. The summed E-state index contributed by atoms with van der Waals surface area (Å²) in [6.07, 6.45) is 0. The maximum absolute atomic E-state index is 13.1. The SMILES string of the molecule is Cc1cc(NC(=O)C2Sc3nnc(C)n3NC2c2ccccc2)ccc1Br. The van der Waals surface area contributed by atoms with Crippen LogP contribution in [-0.2, 0) is 4.79 Å². The van der Waals surface area contributed by atoms with E-state index < -0.39 is 0 Å². The zero-order valence-electron chi connectivity index (χ0n) is 14.8. The van der Waals surface area contributed by atoms with Crippen LogP contribution >= 0.6 is 27.7 Å². The predicted octanol–water partition coefficient (Wildman–Crippen LogP) is 4.06. The third-order valence-corrected chi connectivity index (χ3v) is 6.55. The molecule has 4 rings (SSSR count). The Morgan fingerprint density at radius 2 is 1.96 bits per heavy atom. The summed E-state index contributed by atoms with van der Waals surface area (Å²) in [5, 5.41) is 11.6. The fourth-order valence-corrected chi connectivity index (χ4v) is 4.38. The van der Waals surface area contributed by atoms with Crippen LogP contribution in [0.5, 0.6) is 0 Å². The van der Waals surface area contributed by atoms with E-state index in [4.69, 9.17) is 0 Å². The van der Waals surface area contributed by atoms with E-state index >= 15 is 0 Å². The molecule has 138 valence electrons. The van der Waals surface area contributed by atoms with Gasteiger partial charge in [0.15, 0.2) is 0 Å². The van der Waals surface area contributed by atoms with Gasteiger partial charge < -0.3 is 10.7 Å². The first kappa shape index (κ1) is 18.1. The van der Waals surface area contributed by atoms with Crippen molar-refractivity contribution in [1.82, 2.24) is 14.9 Å². The van der Waals surface area contributed by atoms with Gasteiger partial charge in [-0.25, -0.2) is 4.68 Å². The lowest BCUT2D eigenvalue weighted by atomic mass is 10.0. The smallest absolute Gasteiger partial charge is 0.240 e. The molecule has 0 saturated carbocycles. The summed E-state index contributed by atoms with van der Waals surface area (Å²) in [7, 11) is 0. The highest BCUT2D eigenvalue weighted by Crippen LogP contribution is 2.37. The molecule has 6 nitrogen and oxygen atoms in total. The summed E-state index contributed by atoms with van der Waals surface area (Å²) in [6, 6.07) is 15.5. The lowest BCUT2D eigenvalue weighted by Crippen LogP contribution is -2.41. The van der Waals surface area contributed by atoms with Crippen molar-refractivity contribution < 1.29 is 4.79 Å². The van der Waals surface area contributed by atoms with Crippen molar-refractivity contribution in [2.24, 2.45) is 0 Å². The molecular weight excluding hydrogens is 426 g/mol. The molecule has 2 heterocycles. The number of rotatable bonds is 3. The summed E-state index contributed by atoms with van der Waals surface area (Å²) in [4.78, 5) is 13.1. The maximum atomic E-state index is 13.1. The molecule has 0 radical (unpaired) electrons. The molecule has 2 N–H and O–H groups in total. The first-order chi connectivity index (χ1) is 13.0. The molecule has 0 fully saturated rings. The van der Waals surface area contributed by atoms with Crippen LogP contribution in [0.3, 0.4) is 0 Å². The number of amides is 1. The summed E-state index contributed by atoms with van der Waals surface area (Å²) < 4.78 is 2.86. The summed E-state index contributed by atoms with van der Waals surface area (Å²) in [5.41, 5.74) is 6.28. The van der Waals surface area contributed by atoms with Gasteiger partial charge in [-0.05, 0) is 43.2 Å². The number of carbonyl (C=O) groups is 1. The van der Waals surface area contributed by atoms with Crippen LogP contribution < -0.4 is 10.7 Å². The summed E-state index contributed by atoms with van der Waals surface area (Å²) >= 11 is 4.91. The van der Waals surface area contributed by atoms with E-state index in [0.29, 0.717) is 5.16 Å². The van der Waals surface area contributed by atoms with Crippen molar-refractivity contribution in [1.29, 1.82) is 0 Å². The van der Waals surface area contributed by atoms with Crippen LogP contribution in [0, 0.1) is 13.8 Å². The Hall–Kier alpha value is -2.32. The number of halogens is 1. The maximum Gasteiger partial charge on any atom is 0.240 e. The average Bonchev–Trinajstić information content (AvgIpc) is 3.04. The van der Waals surface area contributed by atoms with Gasteiger partial charge in [-0.1, -0.05) is 58.0 Å². The van der Waals surface area contributed by atoms with Crippen LogP contribution in [0.4, 0.5) is 5.69 Å². The van der Waals surface area contributed by atoms with Gasteiger partial charge in [0, 0.05) is 10.2 Å². The Labute approximate surface area is 169 Å². The third kappa shape index (κ3) is 3.59. The molecule has 8 heteroatoms. The lowest BCUT2D eigenvalue weighted by molar-refractivity contribution is -0.116. The number of nitrogens with zero attached hydrogens (tertiary/aromatic N) is 3. The van der Waals surface area contributed by atoms with Gasteiger partial charge in [0.2, 0.25) is 11.1 Å². The zero-order valence-corrected chi connectivity index (χ0v) is 17.2. The number of nitrogens with one attached hydrogen (secondary N) is 2. The monoisotopic (exact) mass is 443 g/mol. The van der Waals surface area contributed by atoms with Gasteiger partial charge in [0.1, 0.15) is 11.1 Å². The molecule has 0 bridgehead atoms. The minimum Gasteiger partial charge on any atom is -0.325 e. The average molecular weight is 444 g/mol. The van der Waals surface area contributed by atoms with Crippen LogP contribution in [0.25, 0.3) is 0 Å². The molecule has 1 aromatic heterocycles. The van der Waals surface area contributed by atoms with Gasteiger partial charge in [0.05, 0.1) is 6.04 Å². The van der Waals surface area contributed by atoms with Crippen LogP contribution in [0.1, 0.15) is 23.0 Å². The standard InChI is InChI=1S/C19H18BrN5OS/c1-11-10-14(8-9-15(11)20)21-18(26)17-16(13-6-4-3-5-7-13)24-25-12(2)22-23-19(25)27-17/h3-10,16-17,24H,1-2H3,(H,21,26). The first-order valence-electron chi connectivity index (χ1n) is 8.50. The molecule has 2 aromatic carbocycles. The molecule has 1 aliphatic heterocycles. The highest BCUT2D eigenvalue weighted by atomic mass is 79.9. The molecule has 1 amide bonds. The number of benzene rings is 2. The molecule has 27 heavy (non-hydrogen) atoms. The van der Waals surface area contributed by atoms with E-state index in [1.807, 2.05) is 67.1 Å². The van der Waals surface area contributed by atoms with Gasteiger partial charge in [-0.15, -0.1) is 10.2 Å². The molecule has 3 aromatic rings. The Morgan fingerprint density at radius 3 is 2.70 bits per heavy atom. The highest BCUT2D eigenvalue weighted by Gasteiger charge is 2.37. The normalized spacial score (nSPS) is 18.5. The second-order valence-electron chi connectivity index (χ2n) is 6.37. The zero-order chi connectivity index (χ0) is 19.0. The van der Waals surface area contributed by atoms with E-state index in [0.717, 1.165) is 27.1 Å². The highest BCUT2D eigenvalue weighted by molar-refractivity contribution is 9.10. The van der Waals surface area contributed by atoms with Crippen molar-refractivity contribution in [2.45, 2.75) is 30.3 Å². The number of aromatic nitrogens is 3. The van der Waals surface area contributed by atoms with Crippen LogP contribution in [-0.4, -0.2) is 26.0 Å². The van der Waals surface area contributed by atoms with E-state index in [-0.39, 0.29) is 17.2 Å². The Bertz CT molecular complexity index is 991. The summed E-state index contributed by atoms with van der Waals surface area (Å²) in [5.74, 6) is 0.691. The van der Waals surface area contributed by atoms with Gasteiger partial charge in [-0.2, -0.15) is 0 Å². The molecular formula is C19H18BrN5OS. The molecule has 1 aliphatic rings. The second kappa shape index (κ2) is 7.36. The molecule has 2 atom stereocenters. The van der Waals surface area contributed by atoms with Crippen molar-refractivity contribution in [3.05, 3.63) is 70.0 Å². The fourth-order valence-electron chi connectivity index (χ4n) is 3.01. The number of thioether (sulfide) groups is 1. The number of carbonyl (C=O) groups excluding carboxylic acids is 1. The minimum atomic E-state index is -0.382. The Morgan fingerprint density at radius 1 is 1.19 bits per heavy atom. The number of anilines is 1. The summed E-state index contributed by atoms with van der Waals surface area (Å²) in [6.45, 7) is 3.88. The lowest BCUT2D eigenvalue weighted by Gasteiger charge is -2.32. The topological polar surface area (TPSA) is 71.8 Å². The van der Waals surface area contributed by atoms with E-state index in [2.05, 4.69) is 36.9 Å². The first-order valence-corrected chi connectivity index (χ1v) is 10.2. The second-order valence-corrected chi connectivity index (χ2v) is 8.34. The van der Waals surface area contributed by atoms with Crippen molar-refractivity contribution in [3.63, 3.8) is 0 Å². The quantitative estimate of drug-likeness (QED) is 0.638. The number of fused-ring (bicyclic) bond motifs is 1. The van der Waals surface area contributed by atoms with Gasteiger partial charge >= 0.3 is 0 Å². The molecule has 0 aliphatic carbocycles. The number of hydrogen-bond donors (Lipinski definition) is 2. The van der Waals surface area contributed by atoms with E-state index in [9.17, 15) is 4.79 Å². The molecule has 0 saturated heterocycles. The Balaban J connectivity index is 1.65. The van der Waals surface area contributed by atoms with E-state index in [1.165, 1.54) is 11.8 Å². The van der Waals surface area contributed by atoms with Crippen molar-refractivity contribution >= 4 is 39.3 Å².